The molecule has 0 aromatic heterocycles. The Morgan fingerprint density at radius 3 is 1.86 bits per heavy atom. The van der Waals surface area contributed by atoms with Crippen molar-refractivity contribution in [1.82, 2.24) is 0 Å². The van der Waals surface area contributed by atoms with Crippen LogP contribution in [0.1, 0.15) is 6.92 Å². The lowest BCUT2D eigenvalue weighted by Crippen LogP contribution is -2.32. The maximum Gasteiger partial charge on any atom is 0.273 e. The SMILES string of the molecule is CC(OC(N)=S)S(N)(=O)=O.NC(=O)S. The van der Waals surface area contributed by atoms with Crippen LogP contribution in [0.25, 0.3) is 0 Å². The van der Waals surface area contributed by atoms with Crippen LogP contribution in [0.4, 0.5) is 4.79 Å². The van der Waals surface area contributed by atoms with Crippen molar-refractivity contribution in [3.63, 3.8) is 0 Å². The minimum absolute atomic E-state index is 0.332. The van der Waals surface area contributed by atoms with E-state index in [1.165, 1.54) is 6.92 Å². The van der Waals surface area contributed by atoms with Crippen LogP contribution in [0.5, 0.6) is 0 Å². The van der Waals surface area contributed by atoms with Gasteiger partial charge in [0, 0.05) is 0 Å². The van der Waals surface area contributed by atoms with Crippen molar-refractivity contribution in [2.45, 2.75) is 12.4 Å². The van der Waals surface area contributed by atoms with Gasteiger partial charge in [0.05, 0.1) is 0 Å². The Labute approximate surface area is 92.4 Å². The Morgan fingerprint density at radius 1 is 1.50 bits per heavy atom. The third kappa shape index (κ3) is 14.0. The van der Waals surface area contributed by atoms with E-state index in [4.69, 9.17) is 10.5 Å². The van der Waals surface area contributed by atoms with Crippen molar-refractivity contribution in [3.05, 3.63) is 0 Å². The molecule has 0 saturated heterocycles. The number of nitrogens with two attached hydrogens (primary N) is 3. The van der Waals surface area contributed by atoms with Gasteiger partial charge in [-0.3, -0.25) is 4.79 Å². The van der Waals surface area contributed by atoms with E-state index >= 15 is 0 Å². The van der Waals surface area contributed by atoms with Crippen molar-refractivity contribution >= 4 is 45.3 Å². The van der Waals surface area contributed by atoms with E-state index in [0.717, 1.165) is 0 Å². The Bertz CT molecular complexity index is 297. The van der Waals surface area contributed by atoms with Gasteiger partial charge in [0.15, 0.2) is 0 Å². The zero-order valence-corrected chi connectivity index (χ0v) is 9.73. The molecular weight excluding hydrogens is 250 g/mol. The molecule has 0 radical (unpaired) electrons. The zero-order chi connectivity index (χ0) is 11.9. The molecule has 0 bridgehead atoms. The highest BCUT2D eigenvalue weighted by Crippen LogP contribution is 1.95. The van der Waals surface area contributed by atoms with Crippen LogP contribution in [0.15, 0.2) is 0 Å². The van der Waals surface area contributed by atoms with Crippen LogP contribution >= 0.6 is 24.8 Å². The van der Waals surface area contributed by atoms with E-state index in [-0.39, 0.29) is 5.17 Å². The van der Waals surface area contributed by atoms with Gasteiger partial charge < -0.3 is 16.2 Å². The number of carbonyl (C=O) groups is 1. The van der Waals surface area contributed by atoms with E-state index in [0.29, 0.717) is 0 Å². The molecule has 1 amide bonds. The topological polar surface area (TPSA) is 138 Å². The van der Waals surface area contributed by atoms with Crippen molar-refractivity contribution in [2.75, 3.05) is 0 Å². The minimum Gasteiger partial charge on any atom is -0.450 e. The highest BCUT2D eigenvalue weighted by atomic mass is 32.2. The Balaban J connectivity index is 0. The number of primary amides is 1. The Morgan fingerprint density at radius 2 is 1.79 bits per heavy atom. The Kier molecular flexibility index (Phi) is 7.72. The zero-order valence-electron chi connectivity index (χ0n) is 7.21. The van der Waals surface area contributed by atoms with Crippen molar-refractivity contribution in [3.8, 4) is 0 Å². The second kappa shape index (κ2) is 6.81. The summed E-state index contributed by atoms with van der Waals surface area (Å²) in [7, 11) is -3.69. The van der Waals surface area contributed by atoms with E-state index < -0.39 is 20.7 Å². The number of thiol groups is 1. The molecule has 1 unspecified atom stereocenters. The number of hydrogen-bond acceptors (Lipinski definition) is 5. The van der Waals surface area contributed by atoms with Crippen molar-refractivity contribution in [2.24, 2.45) is 16.6 Å². The summed E-state index contributed by atoms with van der Waals surface area (Å²) in [6, 6.07) is 0. The summed E-state index contributed by atoms with van der Waals surface area (Å²) in [5, 5.41) is 3.69. The third-order valence-electron chi connectivity index (χ3n) is 0.745. The molecule has 0 aliphatic heterocycles. The fourth-order valence-corrected chi connectivity index (χ4v) is 0.674. The second-order valence-electron chi connectivity index (χ2n) is 1.93. The highest BCUT2D eigenvalue weighted by Gasteiger charge is 2.16. The first-order chi connectivity index (χ1) is 6.07. The predicted molar refractivity (Wildman–Crippen MR) is 59.0 cm³/mol. The average Bonchev–Trinajstić information content (AvgIpc) is 1.81. The van der Waals surface area contributed by atoms with Crippen LogP contribution in [0.2, 0.25) is 0 Å². The van der Waals surface area contributed by atoms with Crippen LogP contribution in [0, 0.1) is 0 Å². The average molecular weight is 261 g/mol. The van der Waals surface area contributed by atoms with Gasteiger partial charge in [-0.15, -0.1) is 0 Å². The van der Waals surface area contributed by atoms with Gasteiger partial charge >= 0.3 is 0 Å². The molecule has 10 heteroatoms. The molecule has 0 fully saturated rings. The normalized spacial score (nSPS) is 11.9. The standard InChI is InChI=1S/C3H8N2O3S2.CH3NOS/c1-2(8-3(4)9)10(5,6)7;2-1(3)4/h2H,1H3,(H2,4,9)(H2,5,6,7);(H3,2,3,4). The van der Waals surface area contributed by atoms with Crippen LogP contribution < -0.4 is 16.6 Å². The number of thiocarbonyl (C=S) groups is 1. The molecule has 0 aliphatic rings. The lowest BCUT2D eigenvalue weighted by Gasteiger charge is -2.08. The summed E-state index contributed by atoms with van der Waals surface area (Å²) >= 11 is 7.38. The van der Waals surface area contributed by atoms with Gasteiger partial charge in [-0.05, 0) is 19.1 Å². The number of carbonyl (C=O) groups excluding carboxylic acids is 1. The summed E-state index contributed by atoms with van der Waals surface area (Å²) < 4.78 is 25.2. The van der Waals surface area contributed by atoms with Crippen LogP contribution in [-0.4, -0.2) is 24.3 Å². The first-order valence-electron chi connectivity index (χ1n) is 3.03. The number of amides is 1. The molecule has 0 heterocycles. The molecule has 0 spiro atoms. The second-order valence-corrected chi connectivity index (χ2v) is 4.62. The number of sulfonamides is 1. The summed E-state index contributed by atoms with van der Waals surface area (Å²) in [4.78, 5) is 9.09. The van der Waals surface area contributed by atoms with Crippen LogP contribution in [0.3, 0.4) is 0 Å². The molecule has 0 aromatic carbocycles. The quantitative estimate of drug-likeness (QED) is 0.366. The van der Waals surface area contributed by atoms with Gasteiger partial charge in [0.25, 0.3) is 10.4 Å². The maximum absolute atomic E-state index is 10.4. The first-order valence-corrected chi connectivity index (χ1v) is 5.50. The molecule has 6 N–H and O–H groups in total. The number of rotatable bonds is 2. The van der Waals surface area contributed by atoms with E-state index in [2.05, 4.69) is 40.5 Å². The van der Waals surface area contributed by atoms with E-state index in [9.17, 15) is 8.42 Å². The molecule has 0 rings (SSSR count). The minimum atomic E-state index is -3.69. The van der Waals surface area contributed by atoms with Crippen molar-refractivity contribution in [1.29, 1.82) is 0 Å². The first kappa shape index (κ1) is 15.9. The highest BCUT2D eigenvalue weighted by molar-refractivity contribution is 7.96. The molecule has 7 nitrogen and oxygen atoms in total. The van der Waals surface area contributed by atoms with Gasteiger partial charge in [0.2, 0.25) is 15.5 Å². The summed E-state index contributed by atoms with van der Waals surface area (Å²) in [6.07, 6.45) is 0. The number of ether oxygens (including phenoxy) is 1. The predicted octanol–water partition coefficient (Wildman–Crippen LogP) is -1.12. The molecule has 0 saturated carbocycles. The van der Waals surface area contributed by atoms with Gasteiger partial charge in [-0.2, -0.15) is 0 Å². The summed E-state index contributed by atoms with van der Waals surface area (Å²) in [5.41, 5.74) is 8.04. The number of primary sulfonamides is 1. The lowest BCUT2D eigenvalue weighted by molar-refractivity contribution is 0.267. The smallest absolute Gasteiger partial charge is 0.273 e. The molecule has 0 aliphatic carbocycles. The third-order valence-corrected chi connectivity index (χ3v) is 1.86. The fraction of sp³-hybridized carbons (Fsp3) is 0.500. The summed E-state index contributed by atoms with van der Waals surface area (Å²) in [6.45, 7) is 1.24. The van der Waals surface area contributed by atoms with Crippen molar-refractivity contribution < 1.29 is 17.9 Å². The van der Waals surface area contributed by atoms with E-state index in [1.54, 1.807) is 0 Å². The van der Waals surface area contributed by atoms with Crippen LogP contribution in [-0.2, 0) is 14.8 Å². The molecule has 14 heavy (non-hydrogen) atoms. The number of hydrogen-bond donors (Lipinski definition) is 4. The molecule has 84 valence electrons. The van der Waals surface area contributed by atoms with Gasteiger partial charge in [-0.1, -0.05) is 12.6 Å². The Hall–Kier alpha value is -0.580. The maximum atomic E-state index is 10.4. The van der Waals surface area contributed by atoms with Gasteiger partial charge in [0.1, 0.15) is 0 Å². The molecule has 1 atom stereocenters. The van der Waals surface area contributed by atoms with E-state index in [1.807, 2.05) is 0 Å². The van der Waals surface area contributed by atoms with Gasteiger partial charge in [-0.25, -0.2) is 13.6 Å². The summed E-state index contributed by atoms with van der Waals surface area (Å²) in [5.74, 6) is 0. The molecule has 0 aromatic rings. The fourth-order valence-electron chi connectivity index (χ4n) is 0.231. The molecular formula is C4H11N3O4S3. The largest absolute Gasteiger partial charge is 0.450 e. The monoisotopic (exact) mass is 261 g/mol. The lowest BCUT2D eigenvalue weighted by atomic mass is 10.8.